The van der Waals surface area contributed by atoms with Crippen LogP contribution in [0.15, 0.2) is 0 Å². The fraction of sp³-hybridized carbons (Fsp3) is 0. The number of hydrogen-bond acceptors (Lipinski definition) is 1. The zero-order chi connectivity index (χ0) is 4.50. The van der Waals surface area contributed by atoms with Gasteiger partial charge in [-0.25, -0.2) is 4.57 Å². The summed E-state index contributed by atoms with van der Waals surface area (Å²) in [5, 5.41) is 0. The summed E-state index contributed by atoms with van der Waals surface area (Å²) in [7, 11) is -4.64. The first-order chi connectivity index (χ1) is 2.00. The molecule has 5 N–H and O–H groups in total. The molecule has 0 atom stereocenters. The van der Waals surface area contributed by atoms with E-state index in [0.29, 0.717) is 0 Å². The first kappa shape index (κ1) is 22.8. The van der Waals surface area contributed by atoms with E-state index >= 15 is 0 Å². The van der Waals surface area contributed by atoms with E-state index in [0.717, 1.165) is 0 Å². The normalized spacial score (nSPS) is 7.38. The van der Waals surface area contributed by atoms with Gasteiger partial charge in [-0.3, -0.25) is 0 Å². The van der Waals surface area contributed by atoms with Gasteiger partial charge in [0.2, 0.25) is 0 Å². The molecule has 0 aromatic carbocycles. The van der Waals surface area contributed by atoms with Crippen LogP contribution in [0.1, 0.15) is 1.43 Å². The maximum Gasteiger partial charge on any atom is 1.00 e. The van der Waals surface area contributed by atoms with Gasteiger partial charge in [-0.15, -0.1) is 0 Å². The molecule has 0 aromatic heterocycles. The van der Waals surface area contributed by atoms with Gasteiger partial charge in [0, 0.05) is 21.7 Å². The molecular weight excluding hydrogens is 166 g/mol. The van der Waals surface area contributed by atoms with Crippen LogP contribution in [0.2, 0.25) is 0 Å². The van der Waals surface area contributed by atoms with E-state index in [1.165, 1.54) is 0 Å². The van der Waals surface area contributed by atoms with Gasteiger partial charge in [0.25, 0.3) is 0 Å². The van der Waals surface area contributed by atoms with Gasteiger partial charge in [-0.05, 0) is 0 Å². The Morgan fingerprint density at radius 3 is 1.25 bits per heavy atom. The zero-order valence-corrected chi connectivity index (χ0v) is 6.65. The SMILES string of the molecule is O.O=P(O)(O)O.[H-].[Li+].[Ti]. The molecule has 0 bridgehead atoms. The summed E-state index contributed by atoms with van der Waals surface area (Å²) in [6, 6.07) is 0. The van der Waals surface area contributed by atoms with Crippen LogP contribution in [0, 0.1) is 0 Å². The van der Waals surface area contributed by atoms with Crippen LogP contribution in [0.3, 0.4) is 0 Å². The Hall–Kier alpha value is 1.38. The molecular formula is H6LiO5PTi. The van der Waals surface area contributed by atoms with Crippen molar-refractivity contribution in [3.05, 3.63) is 0 Å². The molecule has 8 heavy (non-hydrogen) atoms. The minimum atomic E-state index is -4.64. The molecule has 0 radical (unpaired) electrons. The predicted octanol–water partition coefficient (Wildman–Crippen LogP) is -4.64. The van der Waals surface area contributed by atoms with Crippen molar-refractivity contribution in [3.8, 4) is 0 Å². The zero-order valence-electron chi connectivity index (χ0n) is 5.20. The van der Waals surface area contributed by atoms with E-state index in [1.807, 2.05) is 0 Å². The Bertz CT molecular complexity index is 63.1. The summed E-state index contributed by atoms with van der Waals surface area (Å²) < 4.78 is 8.88. The number of phosphoric acid groups is 1. The van der Waals surface area contributed by atoms with Crippen LogP contribution in [-0.2, 0) is 26.3 Å². The van der Waals surface area contributed by atoms with E-state index in [9.17, 15) is 0 Å². The molecule has 0 aliphatic carbocycles. The van der Waals surface area contributed by atoms with E-state index in [2.05, 4.69) is 0 Å². The molecule has 0 aromatic rings. The van der Waals surface area contributed by atoms with Gasteiger partial charge >= 0.3 is 26.7 Å². The van der Waals surface area contributed by atoms with Gasteiger partial charge in [0.05, 0.1) is 0 Å². The second-order valence-electron chi connectivity index (χ2n) is 0.513. The van der Waals surface area contributed by atoms with Crippen LogP contribution in [0.5, 0.6) is 0 Å². The molecule has 0 saturated carbocycles. The molecule has 0 amide bonds. The molecule has 0 spiro atoms. The second kappa shape index (κ2) is 8.38. The summed E-state index contributed by atoms with van der Waals surface area (Å²) in [6.07, 6.45) is 0. The minimum absolute atomic E-state index is 0. The van der Waals surface area contributed by atoms with E-state index in [-0.39, 0.29) is 47.5 Å². The number of hydrogen-bond donors (Lipinski definition) is 3. The van der Waals surface area contributed by atoms with Crippen molar-refractivity contribution < 1.29 is 66.7 Å². The fourth-order valence-corrected chi connectivity index (χ4v) is 0. The Kier molecular flexibility index (Phi) is 23.8. The third-order valence-electron chi connectivity index (χ3n) is 0. The second-order valence-corrected chi connectivity index (χ2v) is 1.54. The maximum absolute atomic E-state index is 8.88. The van der Waals surface area contributed by atoms with Crippen LogP contribution in [0.25, 0.3) is 0 Å². The summed E-state index contributed by atoms with van der Waals surface area (Å²) in [5.74, 6) is 0. The van der Waals surface area contributed by atoms with Crippen molar-refractivity contribution in [2.45, 2.75) is 0 Å². The van der Waals surface area contributed by atoms with Crippen molar-refractivity contribution in [3.63, 3.8) is 0 Å². The molecule has 0 rings (SSSR count). The van der Waals surface area contributed by atoms with Crippen molar-refractivity contribution in [1.29, 1.82) is 0 Å². The number of rotatable bonds is 0. The molecule has 5 nitrogen and oxygen atoms in total. The maximum atomic E-state index is 8.88. The summed E-state index contributed by atoms with van der Waals surface area (Å²) >= 11 is 0. The fourth-order valence-electron chi connectivity index (χ4n) is 0. The van der Waals surface area contributed by atoms with Crippen molar-refractivity contribution >= 4 is 7.82 Å². The summed E-state index contributed by atoms with van der Waals surface area (Å²) in [4.78, 5) is 21.6. The van der Waals surface area contributed by atoms with Crippen LogP contribution in [-0.4, -0.2) is 20.2 Å². The monoisotopic (exact) mass is 172 g/mol. The van der Waals surface area contributed by atoms with Crippen molar-refractivity contribution in [2.24, 2.45) is 0 Å². The Morgan fingerprint density at radius 2 is 1.25 bits per heavy atom. The molecule has 0 saturated heterocycles. The molecule has 0 heterocycles. The van der Waals surface area contributed by atoms with Crippen molar-refractivity contribution in [1.82, 2.24) is 0 Å². The molecule has 0 unspecified atom stereocenters. The van der Waals surface area contributed by atoms with E-state index < -0.39 is 7.82 Å². The summed E-state index contributed by atoms with van der Waals surface area (Å²) in [6.45, 7) is 0. The average Bonchev–Trinajstić information content (AvgIpc) is 0.722. The molecule has 0 aliphatic rings. The molecule has 0 fully saturated rings. The molecule has 46 valence electrons. The standard InChI is InChI=1S/Li.H3O4P.H2O.Ti.H/c;1-5(2,3)4;;;/h;(H3,1,2,3,4);1H2;;/q+1;;;;-1. The molecule has 0 aliphatic heterocycles. The third kappa shape index (κ3) is 157. The van der Waals surface area contributed by atoms with E-state index in [4.69, 9.17) is 19.2 Å². The van der Waals surface area contributed by atoms with Crippen LogP contribution < -0.4 is 18.9 Å². The Labute approximate surface area is 74.6 Å². The van der Waals surface area contributed by atoms with Gasteiger partial charge in [0.15, 0.2) is 0 Å². The summed E-state index contributed by atoms with van der Waals surface area (Å²) in [5.41, 5.74) is 0. The van der Waals surface area contributed by atoms with Crippen LogP contribution in [0.4, 0.5) is 0 Å². The smallest absolute Gasteiger partial charge is 1.00 e. The Morgan fingerprint density at radius 1 is 1.25 bits per heavy atom. The Balaban J connectivity index is -0.0000000133. The first-order valence-corrected chi connectivity index (χ1v) is 2.35. The topological polar surface area (TPSA) is 109 Å². The van der Waals surface area contributed by atoms with Gasteiger partial charge in [-0.1, -0.05) is 0 Å². The average molecular weight is 172 g/mol. The first-order valence-electron chi connectivity index (χ1n) is 0.783. The van der Waals surface area contributed by atoms with Gasteiger partial charge < -0.3 is 21.6 Å². The van der Waals surface area contributed by atoms with Crippen molar-refractivity contribution in [2.75, 3.05) is 0 Å². The molecule has 8 heteroatoms. The largest absolute Gasteiger partial charge is 1.00 e. The van der Waals surface area contributed by atoms with E-state index in [1.54, 1.807) is 0 Å². The quantitative estimate of drug-likeness (QED) is 0.252. The van der Waals surface area contributed by atoms with Gasteiger partial charge in [0.1, 0.15) is 0 Å². The minimum Gasteiger partial charge on any atom is -1.00 e. The van der Waals surface area contributed by atoms with Gasteiger partial charge in [-0.2, -0.15) is 0 Å². The third-order valence-corrected chi connectivity index (χ3v) is 0. The predicted molar refractivity (Wildman–Crippen MR) is 19.0 cm³/mol. The van der Waals surface area contributed by atoms with Crippen LogP contribution >= 0.6 is 7.82 Å².